The Morgan fingerprint density at radius 1 is 1.00 bits per heavy atom. The van der Waals surface area contributed by atoms with Gasteiger partial charge in [0.05, 0.1) is 6.10 Å². The van der Waals surface area contributed by atoms with Gasteiger partial charge in [0, 0.05) is 18.6 Å². The van der Waals surface area contributed by atoms with Crippen LogP contribution in [0.4, 0.5) is 13.2 Å². The third kappa shape index (κ3) is 5.07. The molecule has 3 aliphatic rings. The number of nitrogens with one attached hydrogen (secondary N) is 1. The summed E-state index contributed by atoms with van der Waals surface area (Å²) in [7, 11) is 0. The van der Waals surface area contributed by atoms with Crippen molar-refractivity contribution in [3.05, 3.63) is 0 Å². The Kier molecular flexibility index (Phi) is 5.86. The maximum atomic E-state index is 12.4. The van der Waals surface area contributed by atoms with Crippen molar-refractivity contribution in [2.45, 2.75) is 75.7 Å². The van der Waals surface area contributed by atoms with E-state index in [1.54, 1.807) is 0 Å². The molecule has 0 aromatic carbocycles. The quantitative estimate of drug-likeness (QED) is 0.834. The number of alkyl halides is 3. The van der Waals surface area contributed by atoms with Gasteiger partial charge in [0.25, 0.3) is 0 Å². The Morgan fingerprint density at radius 3 is 2.65 bits per heavy atom. The minimum atomic E-state index is -4.22. The highest BCUT2D eigenvalue weighted by molar-refractivity contribution is 4.90. The monoisotopic (exact) mass is 334 g/mol. The van der Waals surface area contributed by atoms with E-state index < -0.39 is 12.8 Å². The van der Waals surface area contributed by atoms with Crippen molar-refractivity contribution < 1.29 is 17.9 Å². The molecule has 2 aliphatic heterocycles. The van der Waals surface area contributed by atoms with Crippen molar-refractivity contribution in [1.29, 1.82) is 0 Å². The van der Waals surface area contributed by atoms with Gasteiger partial charge in [-0.05, 0) is 57.5 Å². The molecule has 2 saturated heterocycles. The molecular formula is C17H29F3N2O. The van der Waals surface area contributed by atoms with Crippen LogP contribution in [0.15, 0.2) is 0 Å². The van der Waals surface area contributed by atoms with Gasteiger partial charge in [-0.15, -0.1) is 0 Å². The molecule has 0 amide bonds. The molecule has 6 heteroatoms. The zero-order chi connectivity index (χ0) is 16.3. The van der Waals surface area contributed by atoms with E-state index in [4.69, 9.17) is 4.74 Å². The summed E-state index contributed by atoms with van der Waals surface area (Å²) in [6.45, 7) is 2.11. The van der Waals surface area contributed by atoms with Gasteiger partial charge in [-0.2, -0.15) is 13.2 Å². The molecule has 0 aromatic rings. The lowest BCUT2D eigenvalue weighted by molar-refractivity contribution is -0.193. The van der Waals surface area contributed by atoms with Crippen LogP contribution in [-0.4, -0.2) is 55.5 Å². The number of rotatable bonds is 5. The third-order valence-electron chi connectivity index (χ3n) is 5.79. The molecule has 3 rings (SSSR count). The molecule has 3 fully saturated rings. The van der Waals surface area contributed by atoms with E-state index >= 15 is 0 Å². The van der Waals surface area contributed by atoms with Crippen LogP contribution < -0.4 is 5.32 Å². The highest BCUT2D eigenvalue weighted by atomic mass is 19.4. The fraction of sp³-hybridized carbons (Fsp3) is 1.00. The highest BCUT2D eigenvalue weighted by Crippen LogP contribution is 2.30. The fourth-order valence-corrected chi connectivity index (χ4v) is 4.56. The number of piperidine rings is 1. The topological polar surface area (TPSA) is 24.5 Å². The summed E-state index contributed by atoms with van der Waals surface area (Å²) in [6, 6.07) is 1.25. The van der Waals surface area contributed by atoms with Crippen LogP contribution in [0, 0.1) is 5.92 Å². The number of nitrogens with zero attached hydrogens (tertiary/aromatic N) is 1. The molecule has 0 bridgehead atoms. The molecule has 0 radical (unpaired) electrons. The standard InChI is InChI=1S/C17H29F3N2O/c18-17(19,20)12-23-16-6-2-1-4-13(16)11-21-14-7-9-22-8-3-5-15(22)10-14/h13-16,21H,1-12H2/t13-,14+,15+,16-/m0/s1. The van der Waals surface area contributed by atoms with Crippen molar-refractivity contribution in [3.63, 3.8) is 0 Å². The molecule has 0 unspecified atom stereocenters. The average Bonchev–Trinajstić information content (AvgIpc) is 2.98. The zero-order valence-electron chi connectivity index (χ0n) is 13.8. The van der Waals surface area contributed by atoms with Crippen LogP contribution in [0.25, 0.3) is 0 Å². The Morgan fingerprint density at radius 2 is 1.83 bits per heavy atom. The first kappa shape index (κ1) is 17.5. The number of hydrogen-bond donors (Lipinski definition) is 1. The maximum Gasteiger partial charge on any atom is 0.411 e. The second-order valence-corrected chi connectivity index (χ2v) is 7.47. The summed E-state index contributed by atoms with van der Waals surface area (Å²) in [5.74, 6) is 0.229. The number of halogens is 3. The van der Waals surface area contributed by atoms with Gasteiger partial charge in [0.2, 0.25) is 0 Å². The molecule has 134 valence electrons. The Bertz CT molecular complexity index is 377. The van der Waals surface area contributed by atoms with Crippen molar-refractivity contribution in [3.8, 4) is 0 Å². The van der Waals surface area contributed by atoms with E-state index in [2.05, 4.69) is 10.2 Å². The highest BCUT2D eigenvalue weighted by Gasteiger charge is 2.34. The summed E-state index contributed by atoms with van der Waals surface area (Å²) in [6.07, 6.45) is 4.37. The number of fused-ring (bicyclic) bond motifs is 1. The van der Waals surface area contributed by atoms with Crippen molar-refractivity contribution in [2.75, 3.05) is 26.2 Å². The van der Waals surface area contributed by atoms with Crippen molar-refractivity contribution in [1.82, 2.24) is 10.2 Å². The van der Waals surface area contributed by atoms with E-state index in [9.17, 15) is 13.2 Å². The molecule has 0 aromatic heterocycles. The summed E-state index contributed by atoms with van der Waals surface area (Å²) in [5, 5.41) is 3.64. The molecule has 2 heterocycles. The SMILES string of the molecule is FC(F)(F)CO[C@H]1CCCC[C@H]1CN[C@@H]1CCN2CCC[C@@H]2C1. The van der Waals surface area contributed by atoms with E-state index in [1.165, 1.54) is 32.4 Å². The van der Waals surface area contributed by atoms with Crippen LogP contribution >= 0.6 is 0 Å². The van der Waals surface area contributed by atoms with Gasteiger partial charge in [-0.1, -0.05) is 12.8 Å². The lowest BCUT2D eigenvalue weighted by Crippen LogP contribution is -2.48. The average molecular weight is 334 g/mol. The van der Waals surface area contributed by atoms with Crippen LogP contribution in [0.1, 0.15) is 51.4 Å². The van der Waals surface area contributed by atoms with E-state index in [0.29, 0.717) is 6.04 Å². The fourth-order valence-electron chi connectivity index (χ4n) is 4.56. The Labute approximate surface area is 136 Å². The summed E-state index contributed by atoms with van der Waals surface area (Å²) >= 11 is 0. The summed E-state index contributed by atoms with van der Waals surface area (Å²) in [4.78, 5) is 2.59. The Balaban J connectivity index is 1.43. The third-order valence-corrected chi connectivity index (χ3v) is 5.79. The van der Waals surface area contributed by atoms with Gasteiger partial charge in [0.15, 0.2) is 0 Å². The van der Waals surface area contributed by atoms with Crippen molar-refractivity contribution >= 4 is 0 Å². The van der Waals surface area contributed by atoms with Crippen molar-refractivity contribution in [2.24, 2.45) is 5.92 Å². The first-order valence-electron chi connectivity index (χ1n) is 9.17. The second-order valence-electron chi connectivity index (χ2n) is 7.47. The number of hydrogen-bond acceptors (Lipinski definition) is 3. The van der Waals surface area contributed by atoms with E-state index in [-0.39, 0.29) is 12.0 Å². The first-order chi connectivity index (χ1) is 11.0. The number of ether oxygens (including phenoxy) is 1. The molecule has 3 nitrogen and oxygen atoms in total. The Hall–Kier alpha value is -0.330. The van der Waals surface area contributed by atoms with Gasteiger partial charge in [0.1, 0.15) is 6.61 Å². The smallest absolute Gasteiger partial charge is 0.368 e. The van der Waals surface area contributed by atoms with E-state index in [1.807, 2.05) is 0 Å². The van der Waals surface area contributed by atoms with Gasteiger partial charge in [-0.25, -0.2) is 0 Å². The van der Waals surface area contributed by atoms with Gasteiger partial charge in [-0.3, -0.25) is 0 Å². The maximum absolute atomic E-state index is 12.4. The lowest BCUT2D eigenvalue weighted by atomic mass is 9.85. The normalized spacial score (nSPS) is 36.1. The minimum absolute atomic E-state index is 0.229. The predicted octanol–water partition coefficient (Wildman–Crippen LogP) is 3.34. The van der Waals surface area contributed by atoms with Crippen LogP contribution in [0.5, 0.6) is 0 Å². The molecule has 0 spiro atoms. The summed E-state index contributed by atoms with van der Waals surface area (Å²) < 4.78 is 42.4. The van der Waals surface area contributed by atoms with Crippen LogP contribution in [0.2, 0.25) is 0 Å². The van der Waals surface area contributed by atoms with Gasteiger partial charge >= 0.3 is 6.18 Å². The molecule has 23 heavy (non-hydrogen) atoms. The zero-order valence-corrected chi connectivity index (χ0v) is 13.8. The predicted molar refractivity (Wildman–Crippen MR) is 83.4 cm³/mol. The second kappa shape index (κ2) is 7.70. The summed E-state index contributed by atoms with van der Waals surface area (Å²) in [5.41, 5.74) is 0. The van der Waals surface area contributed by atoms with Crippen LogP contribution in [-0.2, 0) is 4.74 Å². The van der Waals surface area contributed by atoms with Gasteiger partial charge < -0.3 is 15.0 Å². The molecular weight excluding hydrogens is 305 g/mol. The lowest BCUT2D eigenvalue weighted by Gasteiger charge is -2.37. The van der Waals surface area contributed by atoms with Crippen LogP contribution in [0.3, 0.4) is 0 Å². The minimum Gasteiger partial charge on any atom is -0.368 e. The molecule has 1 N–H and O–H groups in total. The van der Waals surface area contributed by atoms with E-state index in [0.717, 1.165) is 44.7 Å². The first-order valence-corrected chi connectivity index (χ1v) is 9.17. The molecule has 4 atom stereocenters. The molecule has 1 aliphatic carbocycles. The largest absolute Gasteiger partial charge is 0.411 e. The molecule has 1 saturated carbocycles.